The molecule has 1 aromatic carbocycles. The van der Waals surface area contributed by atoms with E-state index in [0.29, 0.717) is 18.7 Å². The molecule has 0 spiro atoms. The van der Waals surface area contributed by atoms with E-state index in [9.17, 15) is 9.59 Å². The summed E-state index contributed by atoms with van der Waals surface area (Å²) in [5.74, 6) is 1.56. The van der Waals surface area contributed by atoms with Gasteiger partial charge in [0.05, 0.1) is 20.8 Å². The number of carbonyl (C=O) groups is 2. The molecule has 1 saturated carbocycles. The molecule has 1 aromatic heterocycles. The number of aryl methyl sites for hydroxylation is 1. The molecule has 0 unspecified atom stereocenters. The highest BCUT2D eigenvalue weighted by atomic mass is 16.5. The first-order valence-electron chi connectivity index (χ1n) is 9.80. The van der Waals surface area contributed by atoms with E-state index in [1.54, 1.807) is 14.2 Å². The van der Waals surface area contributed by atoms with Crippen molar-refractivity contribution in [3.63, 3.8) is 0 Å². The highest BCUT2D eigenvalue weighted by molar-refractivity contribution is 6.04. The van der Waals surface area contributed by atoms with Gasteiger partial charge in [0, 0.05) is 29.3 Å². The van der Waals surface area contributed by atoms with Gasteiger partial charge in [-0.05, 0) is 56.4 Å². The van der Waals surface area contributed by atoms with Gasteiger partial charge in [-0.2, -0.15) is 0 Å². The number of Topliss-reactive ketones (excluding diaryl/α,β-unsaturated/α-hetero) is 1. The number of H-pyrrole nitrogens is 1. The minimum absolute atomic E-state index is 0.0490. The molecule has 2 aliphatic rings. The highest BCUT2D eigenvalue weighted by Crippen LogP contribution is 2.34. The number of carbonyl (C=O) groups excluding carboxylic acids is 2. The largest absolute Gasteiger partial charge is 0.497 e. The maximum absolute atomic E-state index is 13.4. The minimum atomic E-state index is -0.0490. The van der Waals surface area contributed by atoms with Gasteiger partial charge in [-0.15, -0.1) is 0 Å². The Kier molecular flexibility index (Phi) is 4.87. The van der Waals surface area contributed by atoms with E-state index in [1.165, 1.54) is 0 Å². The summed E-state index contributed by atoms with van der Waals surface area (Å²) in [6.45, 7) is 2.32. The normalized spacial score (nSPS) is 15.9. The Labute approximate surface area is 164 Å². The van der Waals surface area contributed by atoms with Gasteiger partial charge < -0.3 is 19.4 Å². The third-order valence-electron chi connectivity index (χ3n) is 5.73. The van der Waals surface area contributed by atoms with Crippen LogP contribution in [0.15, 0.2) is 18.2 Å². The van der Waals surface area contributed by atoms with E-state index in [-0.39, 0.29) is 17.7 Å². The molecule has 1 amide bonds. The first-order chi connectivity index (χ1) is 13.5. The number of fused-ring (bicyclic) bond motifs is 1. The summed E-state index contributed by atoms with van der Waals surface area (Å²) in [7, 11) is 3.25. The minimum Gasteiger partial charge on any atom is -0.497 e. The summed E-state index contributed by atoms with van der Waals surface area (Å²) in [4.78, 5) is 30.9. The lowest BCUT2D eigenvalue weighted by molar-refractivity contribution is 0.0722. The number of amides is 1. The van der Waals surface area contributed by atoms with E-state index in [2.05, 4.69) is 4.98 Å². The second-order valence-electron chi connectivity index (χ2n) is 7.60. The number of nitrogens with zero attached hydrogens (tertiary/aromatic N) is 1. The molecular formula is C22H26N2O4. The number of methoxy groups -OCH3 is 2. The summed E-state index contributed by atoms with van der Waals surface area (Å²) >= 11 is 0. The average Bonchev–Trinajstić information content (AvgIpc) is 3.48. The zero-order valence-electron chi connectivity index (χ0n) is 16.6. The molecule has 6 nitrogen and oxygen atoms in total. The van der Waals surface area contributed by atoms with E-state index in [0.717, 1.165) is 59.6 Å². The van der Waals surface area contributed by atoms with Crippen molar-refractivity contribution in [2.75, 3.05) is 14.2 Å². The Morgan fingerprint density at radius 1 is 1.21 bits per heavy atom. The van der Waals surface area contributed by atoms with Crippen LogP contribution in [-0.2, 0) is 13.0 Å². The van der Waals surface area contributed by atoms with Crippen molar-refractivity contribution in [3.8, 4) is 11.5 Å². The second-order valence-corrected chi connectivity index (χ2v) is 7.60. The van der Waals surface area contributed by atoms with Crippen molar-refractivity contribution in [2.45, 2.75) is 51.6 Å². The zero-order valence-corrected chi connectivity index (χ0v) is 16.6. The molecule has 1 N–H and O–H groups in total. The molecule has 0 bridgehead atoms. The standard InChI is InChI=1S/C22H26N2O4/c1-13-20-17(5-4-6-18(20)25)23-21(13)22(26)24(15-7-8-15)12-14-11-16(27-2)9-10-19(14)28-3/h9-11,15,23H,4-8,12H2,1-3H3. The Bertz CT molecular complexity index is 927. The summed E-state index contributed by atoms with van der Waals surface area (Å²) in [6.07, 6.45) is 4.22. The van der Waals surface area contributed by atoms with Crippen molar-refractivity contribution in [1.82, 2.24) is 9.88 Å². The van der Waals surface area contributed by atoms with Crippen molar-refractivity contribution in [3.05, 3.63) is 46.3 Å². The lowest BCUT2D eigenvalue weighted by Crippen LogP contribution is -2.33. The van der Waals surface area contributed by atoms with Gasteiger partial charge in [-0.3, -0.25) is 9.59 Å². The fraction of sp³-hybridized carbons (Fsp3) is 0.455. The van der Waals surface area contributed by atoms with Crippen molar-refractivity contribution >= 4 is 11.7 Å². The van der Waals surface area contributed by atoms with Gasteiger partial charge in [-0.25, -0.2) is 0 Å². The Morgan fingerprint density at radius 3 is 2.64 bits per heavy atom. The van der Waals surface area contributed by atoms with E-state index in [1.807, 2.05) is 30.0 Å². The third kappa shape index (κ3) is 3.28. The molecule has 6 heteroatoms. The number of aromatic nitrogens is 1. The molecule has 28 heavy (non-hydrogen) atoms. The van der Waals surface area contributed by atoms with Crippen LogP contribution in [0.5, 0.6) is 11.5 Å². The lowest BCUT2D eigenvalue weighted by atomic mass is 9.93. The number of rotatable bonds is 6. The summed E-state index contributed by atoms with van der Waals surface area (Å²) in [5, 5.41) is 0. The molecule has 1 heterocycles. The quantitative estimate of drug-likeness (QED) is 0.828. The number of benzene rings is 1. The Morgan fingerprint density at radius 2 is 2.00 bits per heavy atom. The maximum Gasteiger partial charge on any atom is 0.271 e. The van der Waals surface area contributed by atoms with Crippen LogP contribution in [0.25, 0.3) is 0 Å². The van der Waals surface area contributed by atoms with Gasteiger partial charge in [0.2, 0.25) is 0 Å². The van der Waals surface area contributed by atoms with Crippen LogP contribution in [0.1, 0.15) is 63.4 Å². The fourth-order valence-corrected chi connectivity index (χ4v) is 4.07. The molecule has 1 fully saturated rings. The van der Waals surface area contributed by atoms with Crippen LogP contribution in [0, 0.1) is 6.92 Å². The van der Waals surface area contributed by atoms with Gasteiger partial charge >= 0.3 is 0 Å². The molecule has 0 aliphatic heterocycles. The Balaban J connectivity index is 1.67. The molecule has 2 aromatic rings. The lowest BCUT2D eigenvalue weighted by Gasteiger charge is -2.24. The SMILES string of the molecule is COc1ccc(OC)c(CN(C(=O)c2[nH]c3c(c2C)C(=O)CCC3)C2CC2)c1. The Hall–Kier alpha value is -2.76. The second kappa shape index (κ2) is 7.34. The first-order valence-corrected chi connectivity index (χ1v) is 9.80. The molecular weight excluding hydrogens is 356 g/mol. The number of ether oxygens (including phenoxy) is 2. The van der Waals surface area contributed by atoms with E-state index in [4.69, 9.17) is 9.47 Å². The number of ketones is 1. The van der Waals surface area contributed by atoms with Crippen molar-refractivity contribution < 1.29 is 19.1 Å². The molecule has 2 aliphatic carbocycles. The van der Waals surface area contributed by atoms with Crippen LogP contribution >= 0.6 is 0 Å². The summed E-state index contributed by atoms with van der Waals surface area (Å²) in [5.41, 5.74) is 3.88. The smallest absolute Gasteiger partial charge is 0.271 e. The molecule has 0 atom stereocenters. The summed E-state index contributed by atoms with van der Waals surface area (Å²) in [6, 6.07) is 5.85. The molecule has 148 valence electrons. The summed E-state index contributed by atoms with van der Waals surface area (Å²) < 4.78 is 10.8. The van der Waals surface area contributed by atoms with Crippen LogP contribution in [0.3, 0.4) is 0 Å². The molecule has 0 radical (unpaired) electrons. The number of nitrogens with one attached hydrogen (secondary N) is 1. The number of aromatic amines is 1. The van der Waals surface area contributed by atoms with Crippen LogP contribution < -0.4 is 9.47 Å². The van der Waals surface area contributed by atoms with Crippen molar-refractivity contribution in [1.29, 1.82) is 0 Å². The van der Waals surface area contributed by atoms with Crippen LogP contribution in [0.4, 0.5) is 0 Å². The van der Waals surface area contributed by atoms with Crippen LogP contribution in [0.2, 0.25) is 0 Å². The van der Waals surface area contributed by atoms with Crippen LogP contribution in [-0.4, -0.2) is 41.8 Å². The van der Waals surface area contributed by atoms with Gasteiger partial charge in [0.15, 0.2) is 5.78 Å². The number of hydrogen-bond acceptors (Lipinski definition) is 4. The zero-order chi connectivity index (χ0) is 19.8. The topological polar surface area (TPSA) is 71.6 Å². The maximum atomic E-state index is 13.4. The van der Waals surface area contributed by atoms with Gasteiger partial charge in [-0.1, -0.05) is 0 Å². The third-order valence-corrected chi connectivity index (χ3v) is 5.73. The van der Waals surface area contributed by atoms with E-state index < -0.39 is 0 Å². The van der Waals surface area contributed by atoms with E-state index >= 15 is 0 Å². The first kappa shape index (κ1) is 18.6. The average molecular weight is 382 g/mol. The predicted molar refractivity (Wildman–Crippen MR) is 105 cm³/mol. The monoisotopic (exact) mass is 382 g/mol. The predicted octanol–water partition coefficient (Wildman–Crippen LogP) is 3.66. The highest BCUT2D eigenvalue weighted by Gasteiger charge is 2.36. The number of hydrogen-bond donors (Lipinski definition) is 1. The van der Waals surface area contributed by atoms with Gasteiger partial charge in [0.1, 0.15) is 17.2 Å². The molecule has 0 saturated heterocycles. The van der Waals surface area contributed by atoms with Crippen molar-refractivity contribution in [2.24, 2.45) is 0 Å². The molecule has 4 rings (SSSR count). The fourth-order valence-electron chi connectivity index (χ4n) is 4.07. The van der Waals surface area contributed by atoms with Gasteiger partial charge in [0.25, 0.3) is 5.91 Å².